The Bertz CT molecular complexity index is 511. The Labute approximate surface area is 112 Å². The third-order valence-corrected chi connectivity index (χ3v) is 2.64. The summed E-state index contributed by atoms with van der Waals surface area (Å²) in [5.41, 5.74) is 1.20. The van der Waals surface area contributed by atoms with Crippen molar-refractivity contribution in [1.82, 2.24) is 4.98 Å². The standard InChI is InChI=1S/C15H17FN2O/c1-11-3-6-14(7-4-11)19-10-12(2)18-15-8-5-13(16)9-17-15/h3-9,12H,10H2,1-2H3,(H,17,18). The van der Waals surface area contributed by atoms with Gasteiger partial charge >= 0.3 is 0 Å². The lowest BCUT2D eigenvalue weighted by Gasteiger charge is -2.15. The molecule has 0 aliphatic carbocycles. The van der Waals surface area contributed by atoms with E-state index in [0.717, 1.165) is 5.75 Å². The minimum atomic E-state index is -0.339. The van der Waals surface area contributed by atoms with E-state index in [9.17, 15) is 4.39 Å². The molecule has 2 aromatic rings. The molecule has 0 aliphatic rings. The van der Waals surface area contributed by atoms with Gasteiger partial charge in [0.15, 0.2) is 0 Å². The summed E-state index contributed by atoms with van der Waals surface area (Å²) in [6, 6.07) is 11.0. The normalized spacial score (nSPS) is 11.9. The summed E-state index contributed by atoms with van der Waals surface area (Å²) in [6.45, 7) is 4.54. The van der Waals surface area contributed by atoms with Crippen LogP contribution in [0.4, 0.5) is 10.2 Å². The molecule has 0 amide bonds. The molecule has 1 aromatic heterocycles. The van der Waals surface area contributed by atoms with E-state index in [1.807, 2.05) is 38.1 Å². The maximum atomic E-state index is 12.7. The molecule has 1 N–H and O–H groups in total. The highest BCUT2D eigenvalue weighted by Crippen LogP contribution is 2.12. The molecule has 1 aromatic carbocycles. The minimum absolute atomic E-state index is 0.0827. The number of nitrogens with zero attached hydrogens (tertiary/aromatic N) is 1. The molecule has 0 radical (unpaired) electrons. The number of pyridine rings is 1. The topological polar surface area (TPSA) is 34.1 Å². The van der Waals surface area contributed by atoms with E-state index in [1.165, 1.54) is 17.8 Å². The maximum Gasteiger partial charge on any atom is 0.141 e. The van der Waals surface area contributed by atoms with Crippen molar-refractivity contribution in [2.45, 2.75) is 19.9 Å². The van der Waals surface area contributed by atoms with E-state index >= 15 is 0 Å². The second-order valence-electron chi connectivity index (χ2n) is 4.53. The fraction of sp³-hybridized carbons (Fsp3) is 0.267. The number of nitrogens with one attached hydrogen (secondary N) is 1. The van der Waals surface area contributed by atoms with Crippen LogP contribution in [-0.2, 0) is 0 Å². The second kappa shape index (κ2) is 6.18. The Morgan fingerprint density at radius 2 is 1.95 bits per heavy atom. The number of ether oxygens (including phenoxy) is 1. The molecule has 0 saturated carbocycles. The number of aromatic nitrogens is 1. The van der Waals surface area contributed by atoms with E-state index in [1.54, 1.807) is 6.07 Å². The van der Waals surface area contributed by atoms with Crippen LogP contribution in [0.25, 0.3) is 0 Å². The van der Waals surface area contributed by atoms with Crippen LogP contribution >= 0.6 is 0 Å². The summed E-state index contributed by atoms with van der Waals surface area (Å²) >= 11 is 0. The van der Waals surface area contributed by atoms with Crippen LogP contribution in [0.3, 0.4) is 0 Å². The number of hydrogen-bond acceptors (Lipinski definition) is 3. The molecule has 19 heavy (non-hydrogen) atoms. The number of hydrogen-bond donors (Lipinski definition) is 1. The van der Waals surface area contributed by atoms with Crippen LogP contribution in [0.15, 0.2) is 42.6 Å². The molecule has 1 atom stereocenters. The molecular formula is C15H17FN2O. The molecule has 0 aliphatic heterocycles. The first-order valence-corrected chi connectivity index (χ1v) is 6.21. The van der Waals surface area contributed by atoms with E-state index in [2.05, 4.69) is 10.3 Å². The smallest absolute Gasteiger partial charge is 0.141 e. The number of halogens is 1. The average molecular weight is 260 g/mol. The highest BCUT2D eigenvalue weighted by Gasteiger charge is 2.04. The maximum absolute atomic E-state index is 12.7. The predicted molar refractivity (Wildman–Crippen MR) is 74.0 cm³/mol. The first kappa shape index (κ1) is 13.3. The number of anilines is 1. The first-order valence-electron chi connectivity index (χ1n) is 6.21. The molecule has 0 saturated heterocycles. The summed E-state index contributed by atoms with van der Waals surface area (Å²) in [5, 5.41) is 3.15. The Kier molecular flexibility index (Phi) is 4.34. The second-order valence-corrected chi connectivity index (χ2v) is 4.53. The third-order valence-electron chi connectivity index (χ3n) is 2.64. The Morgan fingerprint density at radius 1 is 1.21 bits per heavy atom. The van der Waals surface area contributed by atoms with Crippen LogP contribution < -0.4 is 10.1 Å². The quantitative estimate of drug-likeness (QED) is 0.894. The van der Waals surface area contributed by atoms with Crippen molar-refractivity contribution in [1.29, 1.82) is 0 Å². The van der Waals surface area contributed by atoms with E-state index < -0.39 is 0 Å². The van der Waals surface area contributed by atoms with Crippen LogP contribution in [-0.4, -0.2) is 17.6 Å². The lowest BCUT2D eigenvalue weighted by Crippen LogP contribution is -2.24. The summed E-state index contributed by atoms with van der Waals surface area (Å²) < 4.78 is 18.4. The molecule has 100 valence electrons. The van der Waals surface area contributed by atoms with Crippen molar-refractivity contribution < 1.29 is 9.13 Å². The van der Waals surface area contributed by atoms with Gasteiger partial charge in [0, 0.05) is 0 Å². The number of aryl methyl sites for hydroxylation is 1. The van der Waals surface area contributed by atoms with Gasteiger partial charge in [-0.2, -0.15) is 0 Å². The van der Waals surface area contributed by atoms with E-state index in [0.29, 0.717) is 12.4 Å². The lowest BCUT2D eigenvalue weighted by atomic mass is 10.2. The summed E-state index contributed by atoms with van der Waals surface area (Å²) in [6.07, 6.45) is 1.19. The fourth-order valence-corrected chi connectivity index (χ4v) is 1.61. The molecule has 0 bridgehead atoms. The monoisotopic (exact) mass is 260 g/mol. The molecule has 0 fully saturated rings. The van der Waals surface area contributed by atoms with Crippen molar-refractivity contribution in [2.75, 3.05) is 11.9 Å². The van der Waals surface area contributed by atoms with E-state index in [-0.39, 0.29) is 11.9 Å². The molecule has 2 rings (SSSR count). The SMILES string of the molecule is Cc1ccc(OCC(C)Nc2ccc(F)cn2)cc1. The van der Waals surface area contributed by atoms with Gasteiger partial charge in [0.05, 0.1) is 12.2 Å². The first-order chi connectivity index (χ1) is 9.13. The van der Waals surface area contributed by atoms with Gasteiger partial charge in [0.25, 0.3) is 0 Å². The minimum Gasteiger partial charge on any atom is -0.491 e. The molecule has 3 nitrogen and oxygen atoms in total. The van der Waals surface area contributed by atoms with Crippen molar-refractivity contribution in [2.24, 2.45) is 0 Å². The largest absolute Gasteiger partial charge is 0.491 e. The molecule has 4 heteroatoms. The lowest BCUT2D eigenvalue weighted by molar-refractivity contribution is 0.303. The molecule has 1 heterocycles. The van der Waals surface area contributed by atoms with Gasteiger partial charge in [0.1, 0.15) is 24.0 Å². The van der Waals surface area contributed by atoms with Gasteiger partial charge < -0.3 is 10.1 Å². The third kappa shape index (κ3) is 4.25. The number of benzene rings is 1. The zero-order chi connectivity index (χ0) is 13.7. The summed E-state index contributed by atoms with van der Waals surface area (Å²) in [7, 11) is 0. The zero-order valence-electron chi connectivity index (χ0n) is 11.1. The molecule has 0 spiro atoms. The van der Waals surface area contributed by atoms with Crippen LogP contribution in [0.1, 0.15) is 12.5 Å². The van der Waals surface area contributed by atoms with Gasteiger partial charge in [-0.1, -0.05) is 17.7 Å². The summed E-state index contributed by atoms with van der Waals surface area (Å²) in [4.78, 5) is 3.94. The van der Waals surface area contributed by atoms with E-state index in [4.69, 9.17) is 4.74 Å². The summed E-state index contributed by atoms with van der Waals surface area (Å²) in [5.74, 6) is 1.14. The molecule has 1 unspecified atom stereocenters. The van der Waals surface area contributed by atoms with Crippen LogP contribution in [0.2, 0.25) is 0 Å². The predicted octanol–water partition coefficient (Wildman–Crippen LogP) is 3.41. The van der Waals surface area contributed by atoms with Gasteiger partial charge in [-0.3, -0.25) is 0 Å². The highest BCUT2D eigenvalue weighted by atomic mass is 19.1. The number of rotatable bonds is 5. The van der Waals surface area contributed by atoms with Gasteiger partial charge in [-0.05, 0) is 38.1 Å². The van der Waals surface area contributed by atoms with Crippen molar-refractivity contribution in [3.8, 4) is 5.75 Å². The zero-order valence-corrected chi connectivity index (χ0v) is 11.1. The van der Waals surface area contributed by atoms with Crippen molar-refractivity contribution in [3.63, 3.8) is 0 Å². The van der Waals surface area contributed by atoms with Gasteiger partial charge in [-0.25, -0.2) is 9.37 Å². The van der Waals surface area contributed by atoms with Crippen LogP contribution in [0.5, 0.6) is 5.75 Å². The Balaban J connectivity index is 1.82. The highest BCUT2D eigenvalue weighted by molar-refractivity contribution is 5.34. The Morgan fingerprint density at radius 3 is 2.58 bits per heavy atom. The average Bonchev–Trinajstić information content (AvgIpc) is 2.41. The fourth-order valence-electron chi connectivity index (χ4n) is 1.61. The van der Waals surface area contributed by atoms with Crippen LogP contribution in [0, 0.1) is 12.7 Å². The Hall–Kier alpha value is -2.10. The van der Waals surface area contributed by atoms with Gasteiger partial charge in [0.2, 0.25) is 0 Å². The van der Waals surface area contributed by atoms with Crippen molar-refractivity contribution >= 4 is 5.82 Å². The van der Waals surface area contributed by atoms with Crippen molar-refractivity contribution in [3.05, 3.63) is 54.0 Å². The molecular weight excluding hydrogens is 243 g/mol. The van der Waals surface area contributed by atoms with Gasteiger partial charge in [-0.15, -0.1) is 0 Å².